The third-order valence-electron chi connectivity index (χ3n) is 3.35. The molecule has 0 amide bonds. The average Bonchev–Trinajstić information content (AvgIpc) is 2.98. The first-order valence-electron chi connectivity index (χ1n) is 6.34. The minimum atomic E-state index is -1.03. The van der Waals surface area contributed by atoms with Gasteiger partial charge in [-0.3, -0.25) is 0 Å². The molecule has 0 aliphatic carbocycles. The smallest absolute Gasteiger partial charge is 0.354 e. The number of hydrogen-bond acceptors (Lipinski definition) is 3. The van der Waals surface area contributed by atoms with Crippen molar-refractivity contribution in [1.29, 1.82) is 0 Å². The van der Waals surface area contributed by atoms with E-state index in [9.17, 15) is 4.79 Å². The molecule has 0 saturated carbocycles. The molecule has 4 nitrogen and oxygen atoms in total. The summed E-state index contributed by atoms with van der Waals surface area (Å²) in [4.78, 5) is 16.1. The first-order chi connectivity index (χ1) is 9.75. The predicted molar refractivity (Wildman–Crippen MR) is 75.6 cm³/mol. The van der Waals surface area contributed by atoms with Gasteiger partial charge in [-0.05, 0) is 16.7 Å². The second-order valence-electron chi connectivity index (χ2n) is 4.62. The van der Waals surface area contributed by atoms with Gasteiger partial charge < -0.3 is 9.94 Å². The number of benzene rings is 2. The van der Waals surface area contributed by atoms with Crippen LogP contribution in [0.3, 0.4) is 0 Å². The zero-order valence-electron chi connectivity index (χ0n) is 10.7. The van der Waals surface area contributed by atoms with Crippen LogP contribution in [-0.2, 0) is 9.63 Å². The fourth-order valence-electron chi connectivity index (χ4n) is 2.33. The predicted octanol–water partition coefficient (Wildman–Crippen LogP) is 2.91. The summed E-state index contributed by atoms with van der Waals surface area (Å²) in [5, 5.41) is 12.7. The number of oxime groups is 1. The third-order valence-corrected chi connectivity index (χ3v) is 3.35. The van der Waals surface area contributed by atoms with Crippen molar-refractivity contribution in [3.05, 3.63) is 60.2 Å². The van der Waals surface area contributed by atoms with Crippen molar-refractivity contribution in [2.24, 2.45) is 5.16 Å². The summed E-state index contributed by atoms with van der Waals surface area (Å²) in [6.45, 7) is 0.278. The van der Waals surface area contributed by atoms with Gasteiger partial charge in [-0.15, -0.1) is 0 Å². The van der Waals surface area contributed by atoms with E-state index in [0.29, 0.717) is 0 Å². The molecule has 0 saturated heterocycles. The molecule has 1 atom stereocenters. The number of carbonyl (C=O) groups is 1. The average molecular weight is 267 g/mol. The van der Waals surface area contributed by atoms with Crippen LogP contribution >= 0.6 is 0 Å². The van der Waals surface area contributed by atoms with Gasteiger partial charge in [-0.1, -0.05) is 59.8 Å². The van der Waals surface area contributed by atoms with Gasteiger partial charge in [0.05, 0.1) is 5.92 Å². The summed E-state index contributed by atoms with van der Waals surface area (Å²) in [6, 6.07) is 17.8. The molecule has 3 rings (SSSR count). The largest absolute Gasteiger partial charge is 0.477 e. The van der Waals surface area contributed by atoms with Crippen molar-refractivity contribution in [2.75, 3.05) is 6.61 Å². The molecule has 0 fully saturated rings. The van der Waals surface area contributed by atoms with Crippen molar-refractivity contribution in [2.45, 2.75) is 5.92 Å². The topological polar surface area (TPSA) is 58.9 Å². The van der Waals surface area contributed by atoms with E-state index in [1.807, 2.05) is 54.6 Å². The standard InChI is InChI=1S/C16H13NO3/c18-16(19)15-14(10-20-17-15)13-8-4-7-12(9-13)11-5-2-1-3-6-11/h1-9,14H,10H2,(H,18,19). The molecular formula is C16H13NO3. The molecule has 1 aliphatic rings. The van der Waals surface area contributed by atoms with E-state index in [0.717, 1.165) is 16.7 Å². The van der Waals surface area contributed by atoms with Crippen molar-refractivity contribution in [1.82, 2.24) is 0 Å². The number of carboxylic acid groups (broad SMARTS) is 1. The summed E-state index contributed by atoms with van der Waals surface area (Å²) in [5.74, 6) is -1.34. The van der Waals surface area contributed by atoms with Crippen LogP contribution in [0.1, 0.15) is 11.5 Å². The molecule has 2 aromatic rings. The lowest BCUT2D eigenvalue weighted by atomic mass is 9.92. The minimum Gasteiger partial charge on any atom is -0.477 e. The zero-order valence-corrected chi connectivity index (χ0v) is 10.7. The molecule has 0 radical (unpaired) electrons. The van der Waals surface area contributed by atoms with Crippen LogP contribution in [-0.4, -0.2) is 23.4 Å². The minimum absolute atomic E-state index is 0.0650. The first-order valence-corrected chi connectivity index (χ1v) is 6.34. The van der Waals surface area contributed by atoms with Crippen molar-refractivity contribution >= 4 is 11.7 Å². The normalized spacial score (nSPS) is 17.4. The second-order valence-corrected chi connectivity index (χ2v) is 4.62. The molecule has 1 N–H and O–H groups in total. The maximum Gasteiger partial charge on any atom is 0.354 e. The van der Waals surface area contributed by atoms with Crippen molar-refractivity contribution < 1.29 is 14.7 Å². The fraction of sp³-hybridized carbons (Fsp3) is 0.125. The van der Waals surface area contributed by atoms with Crippen molar-refractivity contribution in [3.8, 4) is 11.1 Å². The highest BCUT2D eigenvalue weighted by atomic mass is 16.6. The van der Waals surface area contributed by atoms with E-state index in [-0.39, 0.29) is 18.2 Å². The van der Waals surface area contributed by atoms with E-state index in [2.05, 4.69) is 5.16 Å². The maximum absolute atomic E-state index is 11.1. The number of carboxylic acids is 1. The monoisotopic (exact) mass is 267 g/mol. The second kappa shape index (κ2) is 5.17. The Morgan fingerprint density at radius 2 is 1.85 bits per heavy atom. The molecule has 0 spiro atoms. The van der Waals surface area contributed by atoms with Crippen LogP contribution in [0.4, 0.5) is 0 Å². The Labute approximate surface area is 116 Å². The lowest BCUT2D eigenvalue weighted by Crippen LogP contribution is -2.20. The van der Waals surface area contributed by atoms with E-state index in [4.69, 9.17) is 9.94 Å². The lowest BCUT2D eigenvalue weighted by Gasteiger charge is -2.10. The van der Waals surface area contributed by atoms with Gasteiger partial charge in [0.2, 0.25) is 0 Å². The summed E-state index contributed by atoms with van der Waals surface area (Å²) in [6.07, 6.45) is 0. The Balaban J connectivity index is 1.97. The van der Waals surface area contributed by atoms with Gasteiger partial charge in [0.15, 0.2) is 5.71 Å². The molecule has 1 aliphatic heterocycles. The first kappa shape index (κ1) is 12.4. The van der Waals surface area contributed by atoms with Crippen LogP contribution in [0.2, 0.25) is 0 Å². The highest BCUT2D eigenvalue weighted by molar-refractivity contribution is 6.38. The number of rotatable bonds is 3. The van der Waals surface area contributed by atoms with Gasteiger partial charge in [-0.25, -0.2) is 4.79 Å². The molecule has 1 unspecified atom stereocenters. The van der Waals surface area contributed by atoms with Crippen LogP contribution in [0.5, 0.6) is 0 Å². The van der Waals surface area contributed by atoms with Crippen LogP contribution in [0.15, 0.2) is 59.8 Å². The molecule has 2 aromatic carbocycles. The van der Waals surface area contributed by atoms with Gasteiger partial charge in [0, 0.05) is 0 Å². The van der Waals surface area contributed by atoms with E-state index in [1.54, 1.807) is 0 Å². The SMILES string of the molecule is O=C(O)C1=NOCC1c1cccc(-c2ccccc2)c1. The summed E-state index contributed by atoms with van der Waals surface area (Å²) >= 11 is 0. The molecule has 0 aromatic heterocycles. The molecule has 100 valence electrons. The molecule has 1 heterocycles. The van der Waals surface area contributed by atoms with Gasteiger partial charge >= 0.3 is 5.97 Å². The highest BCUT2D eigenvalue weighted by Crippen LogP contribution is 2.27. The summed E-state index contributed by atoms with van der Waals surface area (Å²) in [7, 11) is 0. The Morgan fingerprint density at radius 1 is 1.10 bits per heavy atom. The Kier molecular flexibility index (Phi) is 3.21. The van der Waals surface area contributed by atoms with Crippen LogP contribution < -0.4 is 0 Å². The number of aliphatic carboxylic acids is 1. The third kappa shape index (κ3) is 2.28. The zero-order chi connectivity index (χ0) is 13.9. The highest BCUT2D eigenvalue weighted by Gasteiger charge is 2.30. The number of nitrogens with zero attached hydrogens (tertiary/aromatic N) is 1. The van der Waals surface area contributed by atoms with Crippen LogP contribution in [0, 0.1) is 0 Å². The maximum atomic E-state index is 11.1. The Morgan fingerprint density at radius 3 is 2.60 bits per heavy atom. The van der Waals surface area contributed by atoms with Gasteiger partial charge in [0.25, 0.3) is 0 Å². The van der Waals surface area contributed by atoms with E-state index >= 15 is 0 Å². The molecule has 0 bridgehead atoms. The van der Waals surface area contributed by atoms with Crippen molar-refractivity contribution in [3.63, 3.8) is 0 Å². The Bertz CT molecular complexity index is 664. The molecule has 20 heavy (non-hydrogen) atoms. The fourth-order valence-corrected chi connectivity index (χ4v) is 2.33. The van der Waals surface area contributed by atoms with E-state index in [1.165, 1.54) is 0 Å². The molecular weight excluding hydrogens is 254 g/mol. The summed E-state index contributed by atoms with van der Waals surface area (Å²) in [5.41, 5.74) is 3.13. The lowest BCUT2D eigenvalue weighted by molar-refractivity contribution is -0.129. The molecule has 4 heteroatoms. The summed E-state index contributed by atoms with van der Waals surface area (Å²) < 4.78 is 0. The van der Waals surface area contributed by atoms with Gasteiger partial charge in [0.1, 0.15) is 6.61 Å². The Hall–Kier alpha value is -2.62. The van der Waals surface area contributed by atoms with Crippen LogP contribution in [0.25, 0.3) is 11.1 Å². The quantitative estimate of drug-likeness (QED) is 0.930. The van der Waals surface area contributed by atoms with E-state index < -0.39 is 5.97 Å². The van der Waals surface area contributed by atoms with Gasteiger partial charge in [-0.2, -0.15) is 0 Å². The number of hydrogen-bond donors (Lipinski definition) is 1.